The van der Waals surface area contributed by atoms with Crippen LogP contribution in [-0.2, 0) is 4.79 Å². The van der Waals surface area contributed by atoms with Gasteiger partial charge in [0.25, 0.3) is 0 Å². The maximum absolute atomic E-state index is 12.2. The first kappa shape index (κ1) is 19.1. The Kier molecular flexibility index (Phi) is 4.85. The van der Waals surface area contributed by atoms with Crippen LogP contribution in [0.4, 0.5) is 0 Å². The molecule has 9 nitrogen and oxygen atoms in total. The maximum atomic E-state index is 12.2. The Hall–Kier alpha value is -3.72. The van der Waals surface area contributed by atoms with Crippen molar-refractivity contribution < 1.29 is 34.4 Å². The molecule has 0 saturated carbocycles. The summed E-state index contributed by atoms with van der Waals surface area (Å²) in [7, 11) is 0. The predicted molar refractivity (Wildman–Crippen MR) is 98.6 cm³/mol. The van der Waals surface area contributed by atoms with E-state index in [1.54, 1.807) is 0 Å². The van der Waals surface area contributed by atoms with Crippen molar-refractivity contribution in [3.8, 4) is 34.3 Å². The summed E-state index contributed by atoms with van der Waals surface area (Å²) in [5.41, 5.74) is 5.41. The fraction of sp³-hybridized carbons (Fsp3) is 0.158. The number of carboxylic acid groups (broad SMARTS) is 1. The first-order chi connectivity index (χ1) is 13.2. The summed E-state index contributed by atoms with van der Waals surface area (Å²) in [6.45, 7) is 1.40. The number of fused-ring (bicyclic) bond motifs is 1. The number of aromatic hydroxyl groups is 3. The second-order valence-electron chi connectivity index (χ2n) is 6.23. The number of hydrogen-bond acceptors (Lipinski definition) is 8. The van der Waals surface area contributed by atoms with Gasteiger partial charge in [-0.25, -0.2) is 4.79 Å². The van der Waals surface area contributed by atoms with Crippen LogP contribution in [0.3, 0.4) is 0 Å². The number of carboxylic acids is 1. The summed E-state index contributed by atoms with van der Waals surface area (Å²) < 4.78 is 10.7. The third kappa shape index (κ3) is 3.55. The molecule has 0 fully saturated rings. The Balaban J connectivity index is 2.06. The highest BCUT2D eigenvalue weighted by molar-refractivity contribution is 5.80. The molecule has 1 heterocycles. The highest BCUT2D eigenvalue weighted by Gasteiger charge is 2.27. The van der Waals surface area contributed by atoms with Crippen molar-refractivity contribution in [2.24, 2.45) is 5.73 Å². The molecule has 0 aliphatic carbocycles. The van der Waals surface area contributed by atoms with E-state index in [4.69, 9.17) is 20.0 Å². The minimum atomic E-state index is -1.50. The van der Waals surface area contributed by atoms with Crippen LogP contribution >= 0.6 is 0 Å². The van der Waals surface area contributed by atoms with E-state index in [1.165, 1.54) is 25.1 Å². The normalized spacial score (nSPS) is 13.2. The summed E-state index contributed by atoms with van der Waals surface area (Å²) in [5.74, 6) is -3.05. The van der Waals surface area contributed by atoms with Gasteiger partial charge >= 0.3 is 5.97 Å². The van der Waals surface area contributed by atoms with Gasteiger partial charge in [0.05, 0.1) is 5.39 Å². The highest BCUT2D eigenvalue weighted by Crippen LogP contribution is 2.41. The molecule has 0 aliphatic heterocycles. The minimum Gasteiger partial charge on any atom is -0.508 e. The van der Waals surface area contributed by atoms with E-state index in [0.717, 1.165) is 18.2 Å². The van der Waals surface area contributed by atoms with E-state index in [0.29, 0.717) is 0 Å². The topological polar surface area (TPSA) is 163 Å². The van der Waals surface area contributed by atoms with E-state index in [9.17, 15) is 24.9 Å². The van der Waals surface area contributed by atoms with Gasteiger partial charge in [0.1, 0.15) is 17.1 Å². The Labute approximate surface area is 157 Å². The lowest BCUT2D eigenvalue weighted by atomic mass is 10.1. The molecule has 146 valence electrons. The van der Waals surface area contributed by atoms with Crippen molar-refractivity contribution in [1.82, 2.24) is 0 Å². The molecule has 3 rings (SSSR count). The van der Waals surface area contributed by atoms with E-state index in [-0.39, 0.29) is 28.0 Å². The first-order valence-electron chi connectivity index (χ1n) is 8.15. The number of rotatable bonds is 5. The van der Waals surface area contributed by atoms with Crippen molar-refractivity contribution in [3.05, 3.63) is 46.6 Å². The number of phenolic OH excluding ortho intramolecular Hbond substituents is 3. The zero-order valence-corrected chi connectivity index (χ0v) is 14.6. The number of carbonyl (C=O) groups is 1. The van der Waals surface area contributed by atoms with Crippen molar-refractivity contribution >= 4 is 16.9 Å². The van der Waals surface area contributed by atoms with Crippen molar-refractivity contribution in [3.63, 3.8) is 0 Å². The van der Waals surface area contributed by atoms with E-state index in [1.807, 2.05) is 0 Å². The summed E-state index contributed by atoms with van der Waals surface area (Å²) >= 11 is 0. The van der Waals surface area contributed by atoms with Gasteiger partial charge in [-0.15, -0.1) is 0 Å². The summed E-state index contributed by atoms with van der Waals surface area (Å²) in [5, 5.41) is 39.3. The molecule has 28 heavy (non-hydrogen) atoms. The summed E-state index contributed by atoms with van der Waals surface area (Å²) in [6, 6.07) is 6.55. The third-order valence-corrected chi connectivity index (χ3v) is 4.01. The fourth-order valence-electron chi connectivity index (χ4n) is 2.66. The lowest BCUT2D eigenvalue weighted by Gasteiger charge is -2.20. The molecule has 2 unspecified atom stereocenters. The highest BCUT2D eigenvalue weighted by atomic mass is 16.5. The number of aliphatic carboxylic acids is 1. The second kappa shape index (κ2) is 7.12. The van der Waals surface area contributed by atoms with Gasteiger partial charge in [0.2, 0.25) is 11.9 Å². The zero-order valence-electron chi connectivity index (χ0n) is 14.6. The molecule has 0 aliphatic rings. The monoisotopic (exact) mass is 387 g/mol. The summed E-state index contributed by atoms with van der Waals surface area (Å²) in [6.07, 6.45) is -1.50. The molecular weight excluding hydrogens is 370 g/mol. The molecule has 9 heteroatoms. The van der Waals surface area contributed by atoms with Gasteiger partial charge in [0.15, 0.2) is 16.9 Å². The van der Waals surface area contributed by atoms with Crippen LogP contribution in [0.25, 0.3) is 22.3 Å². The first-order valence-corrected chi connectivity index (χ1v) is 8.15. The standard InChI is InChI=1S/C19H17NO8/c1-8(20)17(19(25)26)28-18-13(23)4-9(5-14(18)24)15-7-12(22)11-3-2-10(21)6-16(11)27-15/h2-8,17,21,23-24H,20H2,1H3,(H,25,26). The van der Waals surface area contributed by atoms with Crippen molar-refractivity contribution in [2.45, 2.75) is 19.1 Å². The number of ether oxygens (including phenoxy) is 1. The van der Waals surface area contributed by atoms with Gasteiger partial charge in [0, 0.05) is 23.7 Å². The van der Waals surface area contributed by atoms with Gasteiger partial charge in [-0.1, -0.05) is 0 Å². The molecule has 2 atom stereocenters. The molecule has 0 bridgehead atoms. The van der Waals surface area contributed by atoms with Gasteiger partial charge in [-0.05, 0) is 31.2 Å². The number of benzene rings is 2. The molecule has 0 radical (unpaired) electrons. The summed E-state index contributed by atoms with van der Waals surface area (Å²) in [4.78, 5) is 23.5. The molecule has 1 aromatic heterocycles. The van der Waals surface area contributed by atoms with Crippen LogP contribution in [-0.4, -0.2) is 38.5 Å². The Bertz CT molecular complexity index is 1100. The van der Waals surface area contributed by atoms with Gasteiger partial charge in [-0.2, -0.15) is 0 Å². The Morgan fingerprint density at radius 3 is 2.32 bits per heavy atom. The van der Waals surface area contributed by atoms with Crippen LogP contribution in [0.1, 0.15) is 6.92 Å². The van der Waals surface area contributed by atoms with Crippen molar-refractivity contribution in [1.29, 1.82) is 0 Å². The van der Waals surface area contributed by atoms with Crippen LogP contribution in [0.5, 0.6) is 23.0 Å². The number of nitrogens with two attached hydrogens (primary N) is 1. The number of hydrogen-bond donors (Lipinski definition) is 5. The predicted octanol–water partition coefficient (Wildman–Crippen LogP) is 1.76. The lowest BCUT2D eigenvalue weighted by Crippen LogP contribution is -2.42. The third-order valence-electron chi connectivity index (χ3n) is 4.01. The smallest absolute Gasteiger partial charge is 0.346 e. The molecule has 0 amide bonds. The van der Waals surface area contributed by atoms with Crippen LogP contribution in [0.2, 0.25) is 0 Å². The Morgan fingerprint density at radius 2 is 1.75 bits per heavy atom. The molecule has 6 N–H and O–H groups in total. The minimum absolute atomic E-state index is 0.0160. The quantitative estimate of drug-likeness (QED) is 0.439. The Morgan fingerprint density at radius 1 is 1.11 bits per heavy atom. The van der Waals surface area contributed by atoms with Gasteiger partial charge < -0.3 is 35.3 Å². The van der Waals surface area contributed by atoms with E-state index < -0.39 is 40.8 Å². The van der Waals surface area contributed by atoms with Crippen LogP contribution < -0.4 is 15.9 Å². The van der Waals surface area contributed by atoms with Crippen LogP contribution in [0.15, 0.2) is 45.6 Å². The average molecular weight is 387 g/mol. The maximum Gasteiger partial charge on any atom is 0.346 e. The van der Waals surface area contributed by atoms with Crippen LogP contribution in [0, 0.1) is 0 Å². The van der Waals surface area contributed by atoms with Crippen molar-refractivity contribution in [2.75, 3.05) is 0 Å². The molecule has 0 saturated heterocycles. The SMILES string of the molecule is CC(N)C(Oc1c(O)cc(-c2cc(=O)c3ccc(O)cc3o2)cc1O)C(=O)O. The number of phenols is 3. The molecule has 0 spiro atoms. The van der Waals surface area contributed by atoms with E-state index in [2.05, 4.69) is 0 Å². The largest absolute Gasteiger partial charge is 0.508 e. The second-order valence-corrected chi connectivity index (χ2v) is 6.23. The molecule has 2 aromatic carbocycles. The molecular formula is C19H17NO8. The molecule has 3 aromatic rings. The van der Waals surface area contributed by atoms with Gasteiger partial charge in [-0.3, -0.25) is 4.79 Å². The lowest BCUT2D eigenvalue weighted by molar-refractivity contribution is -0.145. The van der Waals surface area contributed by atoms with E-state index >= 15 is 0 Å². The zero-order chi connectivity index (χ0) is 20.6. The fourth-order valence-corrected chi connectivity index (χ4v) is 2.66. The average Bonchev–Trinajstić information content (AvgIpc) is 2.59.